The minimum atomic E-state index is -0.422. The molecule has 0 radical (unpaired) electrons. The fourth-order valence-corrected chi connectivity index (χ4v) is 2.75. The zero-order valence-corrected chi connectivity index (χ0v) is 13.0. The standard InChI is InChI=1S/C15H22N4O3/c1-16-12-7-9-18(10-8-12)15(20)11-17(2)13-5-3-4-6-14(13)19(21)22/h3-6,12,16H,7-11H2,1-2H3. The first kappa shape index (κ1) is 16.2. The number of piperidine rings is 1. The number of nitro groups is 1. The molecule has 1 aromatic rings. The molecule has 0 unspecified atom stereocenters. The summed E-state index contributed by atoms with van der Waals surface area (Å²) in [7, 11) is 3.64. The van der Waals surface area contributed by atoms with Gasteiger partial charge in [-0.25, -0.2) is 0 Å². The second kappa shape index (κ2) is 7.22. The molecule has 22 heavy (non-hydrogen) atoms. The number of amides is 1. The molecule has 0 bridgehead atoms. The van der Waals surface area contributed by atoms with Gasteiger partial charge in [-0.2, -0.15) is 0 Å². The number of likely N-dealkylation sites (N-methyl/N-ethyl adjacent to an activating group) is 1. The maximum absolute atomic E-state index is 12.4. The molecule has 1 saturated heterocycles. The quantitative estimate of drug-likeness (QED) is 0.654. The highest BCUT2D eigenvalue weighted by molar-refractivity contribution is 5.82. The fraction of sp³-hybridized carbons (Fsp3) is 0.533. The molecule has 2 rings (SSSR count). The van der Waals surface area contributed by atoms with Crippen molar-refractivity contribution in [1.82, 2.24) is 10.2 Å². The number of hydrogen-bond acceptors (Lipinski definition) is 5. The van der Waals surface area contributed by atoms with Gasteiger partial charge in [-0.1, -0.05) is 12.1 Å². The van der Waals surface area contributed by atoms with Crippen LogP contribution in [0.25, 0.3) is 0 Å². The number of nitro benzene ring substituents is 1. The molecule has 0 aliphatic carbocycles. The van der Waals surface area contributed by atoms with Crippen LogP contribution in [-0.4, -0.2) is 55.5 Å². The summed E-state index contributed by atoms with van der Waals surface area (Å²) in [5.74, 6) is 0.00945. The van der Waals surface area contributed by atoms with E-state index in [1.807, 2.05) is 11.9 Å². The minimum Gasteiger partial charge on any atom is -0.360 e. The van der Waals surface area contributed by atoms with Gasteiger partial charge in [0.05, 0.1) is 11.5 Å². The summed E-state index contributed by atoms with van der Waals surface area (Å²) >= 11 is 0. The molecule has 1 aliphatic rings. The fourth-order valence-electron chi connectivity index (χ4n) is 2.75. The summed E-state index contributed by atoms with van der Waals surface area (Å²) in [6, 6.07) is 6.95. The summed E-state index contributed by atoms with van der Waals surface area (Å²) in [4.78, 5) is 26.5. The van der Waals surface area contributed by atoms with Gasteiger partial charge in [0.25, 0.3) is 5.69 Å². The number of nitrogens with zero attached hydrogens (tertiary/aromatic N) is 3. The van der Waals surface area contributed by atoms with Crippen molar-refractivity contribution in [2.45, 2.75) is 18.9 Å². The second-order valence-electron chi connectivity index (χ2n) is 5.55. The van der Waals surface area contributed by atoms with Gasteiger partial charge in [0.2, 0.25) is 5.91 Å². The lowest BCUT2D eigenvalue weighted by atomic mass is 10.1. The summed E-state index contributed by atoms with van der Waals surface area (Å²) < 4.78 is 0. The number of likely N-dealkylation sites (tertiary alicyclic amines) is 1. The molecule has 120 valence electrons. The van der Waals surface area contributed by atoms with Gasteiger partial charge >= 0.3 is 0 Å². The van der Waals surface area contributed by atoms with E-state index in [0.717, 1.165) is 25.9 Å². The van der Waals surface area contributed by atoms with E-state index in [4.69, 9.17) is 0 Å². The molecule has 7 heteroatoms. The van der Waals surface area contributed by atoms with Gasteiger partial charge in [-0.05, 0) is 26.0 Å². The van der Waals surface area contributed by atoms with Crippen LogP contribution in [0.5, 0.6) is 0 Å². The van der Waals surface area contributed by atoms with E-state index in [9.17, 15) is 14.9 Å². The van der Waals surface area contributed by atoms with Gasteiger partial charge in [0, 0.05) is 32.2 Å². The molecule has 1 heterocycles. The Hall–Kier alpha value is -2.15. The zero-order chi connectivity index (χ0) is 16.1. The molecule has 1 aliphatic heterocycles. The number of nitrogens with one attached hydrogen (secondary N) is 1. The highest BCUT2D eigenvalue weighted by Crippen LogP contribution is 2.26. The van der Waals surface area contributed by atoms with Crippen molar-refractivity contribution < 1.29 is 9.72 Å². The lowest BCUT2D eigenvalue weighted by Gasteiger charge is -2.33. The highest BCUT2D eigenvalue weighted by Gasteiger charge is 2.24. The first-order chi connectivity index (χ1) is 10.5. The molecular formula is C15H22N4O3. The van der Waals surface area contributed by atoms with E-state index in [-0.39, 0.29) is 18.1 Å². The van der Waals surface area contributed by atoms with Crippen LogP contribution in [0.15, 0.2) is 24.3 Å². The Balaban J connectivity index is 1.99. The summed E-state index contributed by atoms with van der Waals surface area (Å²) in [5, 5.41) is 14.3. The van der Waals surface area contributed by atoms with E-state index in [0.29, 0.717) is 11.7 Å². The molecular weight excluding hydrogens is 284 g/mol. The Kier molecular flexibility index (Phi) is 5.32. The van der Waals surface area contributed by atoms with Crippen molar-refractivity contribution in [2.75, 3.05) is 38.6 Å². The molecule has 0 saturated carbocycles. The molecule has 0 aromatic heterocycles. The van der Waals surface area contributed by atoms with E-state index in [1.54, 1.807) is 30.1 Å². The van der Waals surface area contributed by atoms with Gasteiger partial charge in [0.1, 0.15) is 5.69 Å². The topological polar surface area (TPSA) is 78.7 Å². The molecule has 1 amide bonds. The van der Waals surface area contributed by atoms with E-state index in [2.05, 4.69) is 5.32 Å². The van der Waals surface area contributed by atoms with Crippen molar-refractivity contribution in [3.63, 3.8) is 0 Å². The van der Waals surface area contributed by atoms with Crippen LogP contribution in [0.2, 0.25) is 0 Å². The predicted octanol–water partition coefficient (Wildman–Crippen LogP) is 1.24. The smallest absolute Gasteiger partial charge is 0.292 e. The third kappa shape index (κ3) is 3.73. The average molecular weight is 306 g/mol. The monoisotopic (exact) mass is 306 g/mol. The van der Waals surface area contributed by atoms with Crippen molar-refractivity contribution in [2.24, 2.45) is 0 Å². The van der Waals surface area contributed by atoms with Gasteiger partial charge in [-0.3, -0.25) is 14.9 Å². The third-order valence-corrected chi connectivity index (χ3v) is 4.12. The van der Waals surface area contributed by atoms with Crippen LogP contribution in [0, 0.1) is 10.1 Å². The second-order valence-corrected chi connectivity index (χ2v) is 5.55. The third-order valence-electron chi connectivity index (χ3n) is 4.12. The Morgan fingerprint density at radius 3 is 2.64 bits per heavy atom. The Labute approximate surface area is 130 Å². The Bertz CT molecular complexity index is 541. The molecule has 1 aromatic carbocycles. The summed E-state index contributed by atoms with van der Waals surface area (Å²) in [6.07, 6.45) is 1.88. The first-order valence-electron chi connectivity index (χ1n) is 7.42. The maximum Gasteiger partial charge on any atom is 0.292 e. The summed E-state index contributed by atoms with van der Waals surface area (Å²) in [5.41, 5.74) is 0.484. The number of anilines is 1. The van der Waals surface area contributed by atoms with Crippen LogP contribution in [0.4, 0.5) is 11.4 Å². The normalized spacial score (nSPS) is 15.6. The van der Waals surface area contributed by atoms with Gasteiger partial charge < -0.3 is 15.1 Å². The molecule has 1 N–H and O–H groups in total. The lowest BCUT2D eigenvalue weighted by molar-refractivity contribution is -0.384. The van der Waals surface area contributed by atoms with Crippen molar-refractivity contribution in [3.8, 4) is 0 Å². The molecule has 0 atom stereocenters. The maximum atomic E-state index is 12.4. The number of carbonyl (C=O) groups is 1. The minimum absolute atomic E-state index is 0.00945. The largest absolute Gasteiger partial charge is 0.360 e. The number of hydrogen-bond donors (Lipinski definition) is 1. The Morgan fingerprint density at radius 1 is 1.41 bits per heavy atom. The molecule has 1 fully saturated rings. The van der Waals surface area contributed by atoms with E-state index in [1.165, 1.54) is 6.07 Å². The van der Waals surface area contributed by atoms with Crippen molar-refractivity contribution >= 4 is 17.3 Å². The SMILES string of the molecule is CNC1CCN(C(=O)CN(C)c2ccccc2[N+](=O)[O-])CC1. The van der Waals surface area contributed by atoms with Crippen LogP contribution < -0.4 is 10.2 Å². The van der Waals surface area contributed by atoms with Gasteiger partial charge in [0.15, 0.2) is 0 Å². The van der Waals surface area contributed by atoms with Gasteiger partial charge in [-0.15, -0.1) is 0 Å². The van der Waals surface area contributed by atoms with Crippen LogP contribution in [0.3, 0.4) is 0 Å². The summed E-state index contributed by atoms with van der Waals surface area (Å²) in [6.45, 7) is 1.61. The lowest BCUT2D eigenvalue weighted by Crippen LogP contribution is -2.47. The van der Waals surface area contributed by atoms with E-state index < -0.39 is 4.92 Å². The van der Waals surface area contributed by atoms with Crippen LogP contribution in [0.1, 0.15) is 12.8 Å². The van der Waals surface area contributed by atoms with Crippen molar-refractivity contribution in [3.05, 3.63) is 34.4 Å². The number of rotatable bonds is 5. The Morgan fingerprint density at radius 2 is 2.05 bits per heavy atom. The van der Waals surface area contributed by atoms with E-state index >= 15 is 0 Å². The highest BCUT2D eigenvalue weighted by atomic mass is 16.6. The van der Waals surface area contributed by atoms with Crippen LogP contribution >= 0.6 is 0 Å². The number of carbonyl (C=O) groups excluding carboxylic acids is 1. The molecule has 7 nitrogen and oxygen atoms in total. The number of para-hydroxylation sites is 2. The molecule has 0 spiro atoms. The van der Waals surface area contributed by atoms with Crippen LogP contribution in [-0.2, 0) is 4.79 Å². The first-order valence-corrected chi connectivity index (χ1v) is 7.42. The average Bonchev–Trinajstić information content (AvgIpc) is 2.54. The van der Waals surface area contributed by atoms with Crippen molar-refractivity contribution in [1.29, 1.82) is 0 Å². The number of benzene rings is 1. The predicted molar refractivity (Wildman–Crippen MR) is 85.0 cm³/mol. The zero-order valence-electron chi connectivity index (χ0n) is 13.0.